The van der Waals surface area contributed by atoms with Crippen LogP contribution in [0.1, 0.15) is 70.0 Å². The first-order valence-electron chi connectivity index (χ1n) is 9.48. The zero-order valence-electron chi connectivity index (χ0n) is 15.9. The van der Waals surface area contributed by atoms with E-state index in [1.54, 1.807) is 0 Å². The van der Waals surface area contributed by atoms with Crippen molar-refractivity contribution in [1.29, 1.82) is 5.26 Å². The molecule has 0 atom stereocenters. The molecule has 2 aromatic heterocycles. The van der Waals surface area contributed by atoms with Crippen LogP contribution >= 0.6 is 11.3 Å². The van der Waals surface area contributed by atoms with E-state index in [1.165, 1.54) is 0 Å². The third kappa shape index (κ3) is 3.50. The third-order valence-electron chi connectivity index (χ3n) is 5.34. The Morgan fingerprint density at radius 3 is 2.63 bits per heavy atom. The smallest absolute Gasteiger partial charge is 0.361 e. The third-order valence-corrected chi connectivity index (χ3v) is 6.47. The van der Waals surface area contributed by atoms with E-state index in [1.807, 2.05) is 6.07 Å². The molecule has 2 saturated carbocycles. The summed E-state index contributed by atoms with van der Waals surface area (Å²) in [4.78, 5) is 36.6. The number of primary amides is 1. The summed E-state index contributed by atoms with van der Waals surface area (Å²) >= 11 is 1.07. The fourth-order valence-electron chi connectivity index (χ4n) is 3.41. The van der Waals surface area contributed by atoms with Crippen LogP contribution in [0.3, 0.4) is 0 Å². The first-order valence-corrected chi connectivity index (χ1v) is 10.3. The SMILES string of the molecule is N#Cc1c(NC2CCCC2)sc(C(=O)c2cc(C(=O)OC3(C(N)=O)CC3)no2)c1N. The second-order valence-corrected chi connectivity index (χ2v) is 8.46. The van der Waals surface area contributed by atoms with Gasteiger partial charge in [0, 0.05) is 24.9 Å². The van der Waals surface area contributed by atoms with Gasteiger partial charge in [-0.25, -0.2) is 4.79 Å². The lowest BCUT2D eigenvalue weighted by atomic mass is 10.1. The maximum Gasteiger partial charge on any atom is 0.361 e. The van der Waals surface area contributed by atoms with Gasteiger partial charge >= 0.3 is 5.97 Å². The maximum atomic E-state index is 12.9. The number of amides is 1. The Labute approximate surface area is 175 Å². The number of esters is 1. The molecule has 1 amide bonds. The predicted molar refractivity (Wildman–Crippen MR) is 106 cm³/mol. The standard InChI is InChI=1S/C19H19N5O5S/c20-8-10-13(21)15(30-16(10)23-9-3-1-2-4-9)14(25)12-7-11(24-29-12)17(26)28-19(5-6-19)18(22)27/h7,9,23H,1-6,21H2,(H2,22,27). The second-order valence-electron chi connectivity index (χ2n) is 7.44. The number of nitrogens with two attached hydrogens (primary N) is 2. The van der Waals surface area contributed by atoms with Crippen molar-refractivity contribution in [3.05, 3.63) is 28.0 Å². The summed E-state index contributed by atoms with van der Waals surface area (Å²) < 4.78 is 10.1. The normalized spacial score (nSPS) is 17.3. The largest absolute Gasteiger partial charge is 0.444 e. The lowest BCUT2D eigenvalue weighted by Gasteiger charge is -2.11. The minimum atomic E-state index is -1.30. The van der Waals surface area contributed by atoms with E-state index in [4.69, 9.17) is 20.7 Å². The molecule has 10 nitrogen and oxygen atoms in total. The van der Waals surface area contributed by atoms with Crippen molar-refractivity contribution in [2.24, 2.45) is 5.73 Å². The molecule has 156 valence electrons. The molecular weight excluding hydrogens is 410 g/mol. The van der Waals surface area contributed by atoms with E-state index in [-0.39, 0.29) is 33.6 Å². The Balaban J connectivity index is 1.54. The van der Waals surface area contributed by atoms with Crippen molar-refractivity contribution >= 4 is 39.7 Å². The van der Waals surface area contributed by atoms with Gasteiger partial charge in [-0.15, -0.1) is 11.3 Å². The molecule has 5 N–H and O–H groups in total. The van der Waals surface area contributed by atoms with Crippen LogP contribution in [0.2, 0.25) is 0 Å². The molecule has 0 saturated heterocycles. The zero-order chi connectivity index (χ0) is 21.5. The quantitative estimate of drug-likeness (QED) is 0.439. The van der Waals surface area contributed by atoms with E-state index < -0.39 is 23.3 Å². The fourth-order valence-corrected chi connectivity index (χ4v) is 4.51. The Hall–Kier alpha value is -3.39. The highest BCUT2D eigenvalue weighted by molar-refractivity contribution is 7.19. The first-order chi connectivity index (χ1) is 14.3. The monoisotopic (exact) mass is 429 g/mol. The molecular formula is C19H19N5O5S. The molecule has 4 rings (SSSR count). The van der Waals surface area contributed by atoms with Gasteiger partial charge in [0.15, 0.2) is 11.3 Å². The minimum absolute atomic E-state index is 0.0548. The molecule has 0 spiro atoms. The molecule has 11 heteroatoms. The number of hydrogen-bond donors (Lipinski definition) is 3. The van der Waals surface area contributed by atoms with Crippen LogP contribution in [0.5, 0.6) is 0 Å². The van der Waals surface area contributed by atoms with Crippen LogP contribution in [-0.2, 0) is 9.53 Å². The van der Waals surface area contributed by atoms with Crippen molar-refractivity contribution in [3.8, 4) is 6.07 Å². The fraction of sp³-hybridized carbons (Fsp3) is 0.421. The number of hydrogen-bond acceptors (Lipinski definition) is 10. The summed E-state index contributed by atoms with van der Waals surface area (Å²) in [6.07, 6.45) is 4.90. The van der Waals surface area contributed by atoms with Crippen LogP contribution in [0.15, 0.2) is 10.6 Å². The Bertz CT molecular complexity index is 1070. The highest BCUT2D eigenvalue weighted by atomic mass is 32.1. The number of nitrogens with zero attached hydrogens (tertiary/aromatic N) is 2. The number of nitrogens with one attached hydrogen (secondary N) is 1. The summed E-state index contributed by atoms with van der Waals surface area (Å²) in [6, 6.07) is 3.40. The molecule has 2 fully saturated rings. The molecule has 2 aromatic rings. The molecule has 30 heavy (non-hydrogen) atoms. The number of rotatable bonds is 7. The number of aromatic nitrogens is 1. The molecule has 0 aliphatic heterocycles. The second kappa shape index (κ2) is 7.46. The molecule has 2 heterocycles. The molecule has 2 aliphatic rings. The average molecular weight is 429 g/mol. The van der Waals surface area contributed by atoms with Gasteiger partial charge in [-0.2, -0.15) is 5.26 Å². The van der Waals surface area contributed by atoms with E-state index in [0.29, 0.717) is 17.8 Å². The highest BCUT2D eigenvalue weighted by Gasteiger charge is 2.53. The van der Waals surface area contributed by atoms with Gasteiger partial charge < -0.3 is 26.0 Å². The number of anilines is 2. The van der Waals surface area contributed by atoms with E-state index in [9.17, 15) is 19.6 Å². The highest BCUT2D eigenvalue weighted by Crippen LogP contribution is 2.40. The van der Waals surface area contributed by atoms with Crippen molar-refractivity contribution < 1.29 is 23.6 Å². The summed E-state index contributed by atoms with van der Waals surface area (Å²) in [5, 5.41) is 16.9. The lowest BCUT2D eigenvalue weighted by Crippen LogP contribution is -2.35. The number of ketones is 1. The van der Waals surface area contributed by atoms with E-state index in [0.717, 1.165) is 43.1 Å². The van der Waals surface area contributed by atoms with Gasteiger partial charge in [-0.1, -0.05) is 18.0 Å². The number of carbonyl (C=O) groups is 3. The molecule has 0 radical (unpaired) electrons. The first kappa shape index (κ1) is 19.9. The van der Waals surface area contributed by atoms with Crippen LogP contribution in [0.4, 0.5) is 10.7 Å². The predicted octanol–water partition coefficient (Wildman–Crippen LogP) is 1.95. The Kier molecular flexibility index (Phi) is 4.95. The lowest BCUT2D eigenvalue weighted by molar-refractivity contribution is -0.128. The van der Waals surface area contributed by atoms with Crippen molar-refractivity contribution in [2.45, 2.75) is 50.2 Å². The van der Waals surface area contributed by atoms with Crippen molar-refractivity contribution in [2.75, 3.05) is 11.1 Å². The van der Waals surface area contributed by atoms with Gasteiger partial charge in [0.2, 0.25) is 11.5 Å². The van der Waals surface area contributed by atoms with E-state index in [2.05, 4.69) is 10.5 Å². The summed E-state index contributed by atoms with van der Waals surface area (Å²) in [7, 11) is 0. The number of carbonyl (C=O) groups excluding carboxylic acids is 3. The number of thiophene rings is 1. The minimum Gasteiger partial charge on any atom is -0.444 e. The Morgan fingerprint density at radius 1 is 1.33 bits per heavy atom. The molecule has 0 aromatic carbocycles. The van der Waals surface area contributed by atoms with Crippen LogP contribution in [0.25, 0.3) is 0 Å². The topological polar surface area (TPSA) is 174 Å². The Morgan fingerprint density at radius 2 is 2.03 bits per heavy atom. The maximum absolute atomic E-state index is 12.9. The van der Waals surface area contributed by atoms with Crippen LogP contribution < -0.4 is 16.8 Å². The van der Waals surface area contributed by atoms with Crippen molar-refractivity contribution in [3.63, 3.8) is 0 Å². The van der Waals surface area contributed by atoms with E-state index >= 15 is 0 Å². The number of nitrogen functional groups attached to an aromatic ring is 1. The number of nitriles is 1. The molecule has 0 bridgehead atoms. The summed E-state index contributed by atoms with van der Waals surface area (Å²) in [5.41, 5.74) is 9.98. The summed E-state index contributed by atoms with van der Waals surface area (Å²) in [5.74, 6) is -2.46. The van der Waals surface area contributed by atoms with Gasteiger partial charge in [0.1, 0.15) is 21.5 Å². The number of ether oxygens (including phenoxy) is 1. The summed E-state index contributed by atoms with van der Waals surface area (Å²) in [6.45, 7) is 0. The molecule has 0 unspecified atom stereocenters. The zero-order valence-corrected chi connectivity index (χ0v) is 16.7. The van der Waals surface area contributed by atoms with Crippen LogP contribution in [0, 0.1) is 11.3 Å². The van der Waals surface area contributed by atoms with Gasteiger partial charge in [-0.3, -0.25) is 9.59 Å². The molecule has 2 aliphatic carbocycles. The van der Waals surface area contributed by atoms with Crippen LogP contribution in [-0.4, -0.2) is 34.5 Å². The van der Waals surface area contributed by atoms with Crippen molar-refractivity contribution in [1.82, 2.24) is 5.16 Å². The van der Waals surface area contributed by atoms with Gasteiger partial charge in [-0.05, 0) is 12.8 Å². The van der Waals surface area contributed by atoms with Gasteiger partial charge in [0.25, 0.3) is 5.91 Å². The van der Waals surface area contributed by atoms with Gasteiger partial charge in [0.05, 0.1) is 5.69 Å². The average Bonchev–Trinajstić information content (AvgIpc) is 3.08.